The third kappa shape index (κ3) is 2.90. The SMILES string of the molecule is CC1Oc2c(cccc2C(=O)Nc2cnn(-c3ccccc3)c2)NC1=O. The average Bonchev–Trinajstić information content (AvgIpc) is 3.11. The zero-order valence-electron chi connectivity index (χ0n) is 14.0. The number of fused-ring (bicyclic) bond motifs is 1. The van der Waals surface area contributed by atoms with Gasteiger partial charge in [0.15, 0.2) is 11.9 Å². The average molecular weight is 348 g/mol. The van der Waals surface area contributed by atoms with Crippen LogP contribution in [0.3, 0.4) is 0 Å². The Kier molecular flexibility index (Phi) is 3.89. The van der Waals surface area contributed by atoms with Crippen molar-refractivity contribution in [1.82, 2.24) is 9.78 Å². The zero-order chi connectivity index (χ0) is 18.1. The van der Waals surface area contributed by atoms with Gasteiger partial charge in [0.2, 0.25) is 0 Å². The van der Waals surface area contributed by atoms with Crippen LogP contribution in [0.1, 0.15) is 17.3 Å². The summed E-state index contributed by atoms with van der Waals surface area (Å²) < 4.78 is 7.29. The molecule has 1 atom stereocenters. The molecule has 2 N–H and O–H groups in total. The van der Waals surface area contributed by atoms with E-state index in [0.29, 0.717) is 22.7 Å². The first-order valence-electron chi connectivity index (χ1n) is 8.14. The number of para-hydroxylation sites is 2. The summed E-state index contributed by atoms with van der Waals surface area (Å²) in [5.74, 6) is -0.204. The lowest BCUT2D eigenvalue weighted by Gasteiger charge is -2.24. The van der Waals surface area contributed by atoms with Gasteiger partial charge in [-0.2, -0.15) is 5.10 Å². The number of carbonyl (C=O) groups is 2. The molecule has 4 rings (SSSR count). The summed E-state index contributed by atoms with van der Waals surface area (Å²) in [7, 11) is 0. The summed E-state index contributed by atoms with van der Waals surface area (Å²) in [6.07, 6.45) is 2.65. The van der Waals surface area contributed by atoms with E-state index in [1.807, 2.05) is 30.3 Å². The number of aromatic nitrogens is 2. The molecule has 2 aromatic carbocycles. The Morgan fingerprint density at radius 1 is 1.19 bits per heavy atom. The molecule has 7 nitrogen and oxygen atoms in total. The van der Waals surface area contributed by atoms with Gasteiger partial charge >= 0.3 is 0 Å². The van der Waals surface area contributed by atoms with Gasteiger partial charge in [0.1, 0.15) is 0 Å². The second kappa shape index (κ2) is 6.36. The lowest BCUT2D eigenvalue weighted by atomic mass is 10.1. The highest BCUT2D eigenvalue weighted by Crippen LogP contribution is 2.33. The number of anilines is 2. The van der Waals surface area contributed by atoms with Crippen molar-refractivity contribution < 1.29 is 14.3 Å². The Hall–Kier alpha value is -3.61. The summed E-state index contributed by atoms with van der Waals surface area (Å²) in [5.41, 5.74) is 2.29. The van der Waals surface area contributed by atoms with E-state index < -0.39 is 6.10 Å². The van der Waals surface area contributed by atoms with E-state index in [1.54, 1.807) is 42.2 Å². The van der Waals surface area contributed by atoms with Gasteiger partial charge in [0, 0.05) is 0 Å². The number of benzene rings is 2. The molecule has 0 bridgehead atoms. The molecule has 0 fully saturated rings. The molecule has 7 heteroatoms. The number of nitrogens with zero attached hydrogens (tertiary/aromatic N) is 2. The molecule has 0 aliphatic carbocycles. The Morgan fingerprint density at radius 3 is 2.81 bits per heavy atom. The summed E-state index contributed by atoms with van der Waals surface area (Å²) in [6.45, 7) is 1.64. The van der Waals surface area contributed by atoms with Crippen molar-refractivity contribution in [3.8, 4) is 11.4 Å². The van der Waals surface area contributed by atoms with Crippen LogP contribution in [0.15, 0.2) is 60.9 Å². The summed E-state index contributed by atoms with van der Waals surface area (Å²) in [6, 6.07) is 14.6. The minimum atomic E-state index is -0.655. The Labute approximate surface area is 149 Å². The first-order chi connectivity index (χ1) is 12.6. The molecule has 2 amide bonds. The number of ether oxygens (including phenoxy) is 1. The van der Waals surface area contributed by atoms with E-state index in [-0.39, 0.29) is 11.8 Å². The number of carbonyl (C=O) groups excluding carboxylic acids is 2. The topological polar surface area (TPSA) is 85.2 Å². The minimum Gasteiger partial charge on any atom is -0.478 e. The molecule has 0 saturated heterocycles. The number of hydrogen-bond acceptors (Lipinski definition) is 4. The predicted octanol–water partition coefficient (Wildman–Crippen LogP) is 2.84. The number of rotatable bonds is 3. The van der Waals surface area contributed by atoms with Crippen LogP contribution < -0.4 is 15.4 Å². The monoisotopic (exact) mass is 348 g/mol. The summed E-state index contributed by atoms with van der Waals surface area (Å²) in [5, 5.41) is 9.80. The van der Waals surface area contributed by atoms with Crippen LogP contribution in [0.2, 0.25) is 0 Å². The molecule has 1 aliphatic heterocycles. The van der Waals surface area contributed by atoms with Crippen LogP contribution in [0.25, 0.3) is 5.69 Å². The summed E-state index contributed by atoms with van der Waals surface area (Å²) in [4.78, 5) is 24.4. The van der Waals surface area contributed by atoms with Gasteiger partial charge in [0.05, 0.1) is 35.0 Å². The smallest absolute Gasteiger partial charge is 0.265 e. The van der Waals surface area contributed by atoms with Gasteiger partial charge < -0.3 is 15.4 Å². The largest absolute Gasteiger partial charge is 0.478 e. The van der Waals surface area contributed by atoms with E-state index in [2.05, 4.69) is 15.7 Å². The molecular formula is C19H16N4O3. The normalized spacial score (nSPS) is 15.6. The molecule has 1 unspecified atom stereocenters. The summed E-state index contributed by atoms with van der Waals surface area (Å²) >= 11 is 0. The Bertz CT molecular complexity index is 981. The lowest BCUT2D eigenvalue weighted by molar-refractivity contribution is -0.122. The number of amides is 2. The van der Waals surface area contributed by atoms with Crippen molar-refractivity contribution in [1.29, 1.82) is 0 Å². The maximum absolute atomic E-state index is 12.7. The standard InChI is InChI=1S/C19H16N4O3/c1-12-18(24)22-16-9-5-8-15(17(16)26-12)19(25)21-13-10-20-23(11-13)14-6-3-2-4-7-14/h2-12H,1H3,(H,21,25)(H,22,24). The number of nitrogens with one attached hydrogen (secondary N) is 2. The molecule has 1 aromatic heterocycles. The molecule has 1 aliphatic rings. The first-order valence-corrected chi connectivity index (χ1v) is 8.14. The second-order valence-corrected chi connectivity index (χ2v) is 5.89. The van der Waals surface area contributed by atoms with Crippen LogP contribution in [0.5, 0.6) is 5.75 Å². The number of hydrogen-bond donors (Lipinski definition) is 2. The zero-order valence-corrected chi connectivity index (χ0v) is 14.0. The molecule has 0 saturated carbocycles. The predicted molar refractivity (Wildman–Crippen MR) is 96.7 cm³/mol. The van der Waals surface area contributed by atoms with Gasteiger partial charge in [-0.15, -0.1) is 0 Å². The molecule has 0 spiro atoms. The van der Waals surface area contributed by atoms with Crippen molar-refractivity contribution in [3.63, 3.8) is 0 Å². The van der Waals surface area contributed by atoms with Crippen molar-refractivity contribution in [3.05, 3.63) is 66.5 Å². The fourth-order valence-corrected chi connectivity index (χ4v) is 2.71. The van der Waals surface area contributed by atoms with E-state index in [0.717, 1.165) is 5.69 Å². The lowest BCUT2D eigenvalue weighted by Crippen LogP contribution is -2.35. The van der Waals surface area contributed by atoms with Gasteiger partial charge in [-0.1, -0.05) is 24.3 Å². The van der Waals surface area contributed by atoms with E-state index in [1.165, 1.54) is 0 Å². The van der Waals surface area contributed by atoms with Crippen molar-refractivity contribution in [2.24, 2.45) is 0 Å². The molecule has 130 valence electrons. The van der Waals surface area contributed by atoms with Crippen molar-refractivity contribution >= 4 is 23.2 Å². The Balaban J connectivity index is 1.58. The highest BCUT2D eigenvalue weighted by atomic mass is 16.5. The Morgan fingerprint density at radius 2 is 2.00 bits per heavy atom. The molecule has 3 aromatic rings. The molecule has 0 radical (unpaired) electrons. The van der Waals surface area contributed by atoms with Gasteiger partial charge in [-0.25, -0.2) is 4.68 Å². The third-order valence-electron chi connectivity index (χ3n) is 4.04. The van der Waals surface area contributed by atoms with Gasteiger partial charge in [-0.05, 0) is 31.2 Å². The van der Waals surface area contributed by atoms with Crippen molar-refractivity contribution in [2.75, 3.05) is 10.6 Å². The van der Waals surface area contributed by atoms with Crippen LogP contribution in [0, 0.1) is 0 Å². The fraction of sp³-hybridized carbons (Fsp3) is 0.105. The first kappa shape index (κ1) is 15.9. The maximum atomic E-state index is 12.7. The van der Waals surface area contributed by atoms with Crippen LogP contribution in [-0.2, 0) is 4.79 Å². The quantitative estimate of drug-likeness (QED) is 0.762. The maximum Gasteiger partial charge on any atom is 0.265 e. The van der Waals surface area contributed by atoms with E-state index in [4.69, 9.17) is 4.74 Å². The van der Waals surface area contributed by atoms with Gasteiger partial charge in [0.25, 0.3) is 11.8 Å². The van der Waals surface area contributed by atoms with E-state index in [9.17, 15) is 9.59 Å². The van der Waals surface area contributed by atoms with Crippen LogP contribution in [0.4, 0.5) is 11.4 Å². The van der Waals surface area contributed by atoms with Crippen LogP contribution >= 0.6 is 0 Å². The van der Waals surface area contributed by atoms with Gasteiger partial charge in [-0.3, -0.25) is 9.59 Å². The fourth-order valence-electron chi connectivity index (χ4n) is 2.71. The highest BCUT2D eigenvalue weighted by molar-refractivity contribution is 6.09. The second-order valence-electron chi connectivity index (χ2n) is 5.89. The molecule has 2 heterocycles. The van der Waals surface area contributed by atoms with Crippen molar-refractivity contribution in [2.45, 2.75) is 13.0 Å². The molecular weight excluding hydrogens is 332 g/mol. The third-order valence-corrected chi connectivity index (χ3v) is 4.04. The minimum absolute atomic E-state index is 0.237. The van der Waals surface area contributed by atoms with Crippen LogP contribution in [-0.4, -0.2) is 27.7 Å². The molecule has 26 heavy (non-hydrogen) atoms. The van der Waals surface area contributed by atoms with E-state index >= 15 is 0 Å². The highest BCUT2D eigenvalue weighted by Gasteiger charge is 2.27.